The molecule has 0 bridgehead atoms. The van der Waals surface area contributed by atoms with Crippen molar-refractivity contribution >= 4 is 6.09 Å². The fourth-order valence-electron chi connectivity index (χ4n) is 0.565. The van der Waals surface area contributed by atoms with E-state index in [-0.39, 0.29) is 0 Å². The Kier molecular flexibility index (Phi) is 6.47. The van der Waals surface area contributed by atoms with Crippen molar-refractivity contribution in [2.24, 2.45) is 5.92 Å². The molecule has 0 radical (unpaired) electrons. The average molecular weight is 175 g/mol. The van der Waals surface area contributed by atoms with E-state index in [1.54, 1.807) is 6.92 Å². The molecule has 72 valence electrons. The summed E-state index contributed by atoms with van der Waals surface area (Å²) in [5.41, 5.74) is 2.18. The second-order valence-electron chi connectivity index (χ2n) is 2.85. The molecule has 0 aromatic heterocycles. The lowest BCUT2D eigenvalue weighted by Gasteiger charge is -2.06. The van der Waals surface area contributed by atoms with Gasteiger partial charge in [-0.3, -0.25) is 4.84 Å². The van der Waals surface area contributed by atoms with Gasteiger partial charge < -0.3 is 4.74 Å². The van der Waals surface area contributed by atoms with E-state index in [9.17, 15) is 4.79 Å². The van der Waals surface area contributed by atoms with E-state index in [0.29, 0.717) is 19.1 Å². The summed E-state index contributed by atoms with van der Waals surface area (Å²) in [6, 6.07) is 0. The first kappa shape index (κ1) is 11.2. The van der Waals surface area contributed by atoms with Crippen LogP contribution in [0.2, 0.25) is 0 Å². The first-order chi connectivity index (χ1) is 5.66. The third-order valence-electron chi connectivity index (χ3n) is 1.23. The van der Waals surface area contributed by atoms with Gasteiger partial charge in [-0.05, 0) is 19.3 Å². The second kappa shape index (κ2) is 6.91. The van der Waals surface area contributed by atoms with E-state index < -0.39 is 6.09 Å². The van der Waals surface area contributed by atoms with Crippen LogP contribution in [-0.2, 0) is 9.57 Å². The maximum atomic E-state index is 10.6. The van der Waals surface area contributed by atoms with Crippen molar-refractivity contribution in [1.82, 2.24) is 5.48 Å². The van der Waals surface area contributed by atoms with Crippen LogP contribution in [0.1, 0.15) is 27.2 Å². The van der Waals surface area contributed by atoms with Gasteiger partial charge >= 0.3 is 6.09 Å². The minimum absolute atomic E-state index is 0.360. The summed E-state index contributed by atoms with van der Waals surface area (Å²) in [4.78, 5) is 15.5. The van der Waals surface area contributed by atoms with Gasteiger partial charge in [0.1, 0.15) is 0 Å². The molecule has 12 heavy (non-hydrogen) atoms. The average Bonchev–Trinajstić information content (AvgIpc) is 1.98. The molecule has 0 saturated heterocycles. The highest BCUT2D eigenvalue weighted by molar-refractivity contribution is 5.65. The fourth-order valence-corrected chi connectivity index (χ4v) is 0.565. The van der Waals surface area contributed by atoms with Crippen LogP contribution in [0.3, 0.4) is 0 Å². The molecule has 0 spiro atoms. The maximum absolute atomic E-state index is 10.6. The molecule has 0 heterocycles. The van der Waals surface area contributed by atoms with Gasteiger partial charge in [0.15, 0.2) is 0 Å². The number of hydrogen-bond acceptors (Lipinski definition) is 3. The van der Waals surface area contributed by atoms with Crippen LogP contribution in [0.5, 0.6) is 0 Å². The zero-order valence-electron chi connectivity index (χ0n) is 7.92. The molecule has 1 N–H and O–H groups in total. The minimum atomic E-state index is -0.527. The smallest absolute Gasteiger partial charge is 0.431 e. The van der Waals surface area contributed by atoms with Crippen molar-refractivity contribution in [3.63, 3.8) is 0 Å². The SMILES string of the molecule is CCOC(=O)NOCCC(C)C. The Morgan fingerprint density at radius 3 is 2.67 bits per heavy atom. The van der Waals surface area contributed by atoms with Crippen molar-refractivity contribution in [1.29, 1.82) is 0 Å². The number of ether oxygens (including phenoxy) is 1. The second-order valence-corrected chi connectivity index (χ2v) is 2.85. The third kappa shape index (κ3) is 7.34. The fraction of sp³-hybridized carbons (Fsp3) is 0.875. The van der Waals surface area contributed by atoms with Gasteiger partial charge in [0.05, 0.1) is 13.2 Å². The predicted molar refractivity (Wildman–Crippen MR) is 45.6 cm³/mol. The zero-order valence-corrected chi connectivity index (χ0v) is 7.92. The number of hydroxylamine groups is 1. The number of nitrogens with one attached hydrogen (secondary N) is 1. The molecule has 4 heteroatoms. The van der Waals surface area contributed by atoms with Crippen LogP contribution < -0.4 is 5.48 Å². The first-order valence-corrected chi connectivity index (χ1v) is 4.21. The van der Waals surface area contributed by atoms with Crippen molar-refractivity contribution in [3.8, 4) is 0 Å². The zero-order chi connectivity index (χ0) is 9.40. The highest BCUT2D eigenvalue weighted by Gasteiger charge is 1.99. The van der Waals surface area contributed by atoms with Crippen molar-refractivity contribution in [2.45, 2.75) is 27.2 Å². The lowest BCUT2D eigenvalue weighted by Crippen LogP contribution is -2.25. The molecular formula is C8H17NO3. The van der Waals surface area contributed by atoms with Gasteiger partial charge in [-0.25, -0.2) is 4.79 Å². The standard InChI is InChI=1S/C8H17NO3/c1-4-11-8(10)9-12-6-5-7(2)3/h7H,4-6H2,1-3H3,(H,9,10). The van der Waals surface area contributed by atoms with E-state index in [1.807, 2.05) is 0 Å². The Morgan fingerprint density at radius 2 is 2.17 bits per heavy atom. The molecule has 0 rings (SSSR count). The lowest BCUT2D eigenvalue weighted by atomic mass is 10.1. The van der Waals surface area contributed by atoms with Gasteiger partial charge in [-0.15, -0.1) is 0 Å². The third-order valence-corrected chi connectivity index (χ3v) is 1.23. The topological polar surface area (TPSA) is 47.6 Å². The summed E-state index contributed by atoms with van der Waals surface area (Å²) in [5.74, 6) is 0.578. The number of amides is 1. The van der Waals surface area contributed by atoms with E-state index >= 15 is 0 Å². The Labute approximate surface area is 73.2 Å². The summed E-state index contributed by atoms with van der Waals surface area (Å²) in [6.45, 7) is 6.81. The number of carbonyl (C=O) groups excluding carboxylic acids is 1. The molecular weight excluding hydrogens is 158 g/mol. The quantitative estimate of drug-likeness (QED) is 0.511. The molecule has 1 amide bonds. The van der Waals surface area contributed by atoms with Gasteiger partial charge in [0.25, 0.3) is 0 Å². The molecule has 4 nitrogen and oxygen atoms in total. The van der Waals surface area contributed by atoms with E-state index in [4.69, 9.17) is 4.84 Å². The van der Waals surface area contributed by atoms with Crippen LogP contribution in [0.15, 0.2) is 0 Å². The predicted octanol–water partition coefficient (Wildman–Crippen LogP) is 1.71. The van der Waals surface area contributed by atoms with Crippen LogP contribution in [0.4, 0.5) is 4.79 Å². The Balaban J connectivity index is 3.14. The molecule has 0 aliphatic carbocycles. The van der Waals surface area contributed by atoms with E-state index in [0.717, 1.165) is 6.42 Å². The molecule has 0 aliphatic heterocycles. The number of rotatable bonds is 5. The summed E-state index contributed by atoms with van der Waals surface area (Å²) in [5, 5.41) is 0. The summed E-state index contributed by atoms with van der Waals surface area (Å²) in [7, 11) is 0. The lowest BCUT2D eigenvalue weighted by molar-refractivity contribution is 0.0249. The van der Waals surface area contributed by atoms with E-state index in [1.165, 1.54) is 0 Å². The van der Waals surface area contributed by atoms with Gasteiger partial charge in [-0.2, -0.15) is 5.48 Å². The summed E-state index contributed by atoms with van der Waals surface area (Å²) >= 11 is 0. The van der Waals surface area contributed by atoms with Crippen LogP contribution in [0, 0.1) is 5.92 Å². The molecule has 0 aliphatic rings. The van der Waals surface area contributed by atoms with E-state index in [2.05, 4.69) is 24.1 Å². The van der Waals surface area contributed by atoms with Crippen molar-refractivity contribution < 1.29 is 14.4 Å². The highest BCUT2D eigenvalue weighted by Crippen LogP contribution is 1.97. The van der Waals surface area contributed by atoms with Gasteiger partial charge in [0.2, 0.25) is 0 Å². The first-order valence-electron chi connectivity index (χ1n) is 4.21. The Bertz CT molecular complexity index is 125. The normalized spacial score (nSPS) is 10.0. The van der Waals surface area contributed by atoms with Crippen LogP contribution in [-0.4, -0.2) is 19.3 Å². The Hall–Kier alpha value is -0.770. The molecule has 0 fully saturated rings. The summed E-state index contributed by atoms with van der Waals surface area (Å²) < 4.78 is 4.57. The van der Waals surface area contributed by atoms with Crippen molar-refractivity contribution in [2.75, 3.05) is 13.2 Å². The largest absolute Gasteiger partial charge is 0.448 e. The monoisotopic (exact) mass is 175 g/mol. The number of carbonyl (C=O) groups is 1. The number of hydrogen-bond donors (Lipinski definition) is 1. The van der Waals surface area contributed by atoms with Crippen LogP contribution >= 0.6 is 0 Å². The summed E-state index contributed by atoms with van der Waals surface area (Å²) in [6.07, 6.45) is 0.396. The van der Waals surface area contributed by atoms with Crippen LogP contribution in [0.25, 0.3) is 0 Å². The highest BCUT2D eigenvalue weighted by atomic mass is 16.7. The molecule has 0 atom stereocenters. The molecule has 0 unspecified atom stereocenters. The molecule has 0 saturated carbocycles. The minimum Gasteiger partial charge on any atom is -0.448 e. The molecule has 0 aromatic carbocycles. The van der Waals surface area contributed by atoms with Gasteiger partial charge in [-0.1, -0.05) is 13.8 Å². The van der Waals surface area contributed by atoms with Crippen molar-refractivity contribution in [3.05, 3.63) is 0 Å². The molecule has 0 aromatic rings. The van der Waals surface area contributed by atoms with Gasteiger partial charge in [0, 0.05) is 0 Å². The Morgan fingerprint density at radius 1 is 1.50 bits per heavy atom. The maximum Gasteiger partial charge on any atom is 0.431 e.